The van der Waals surface area contributed by atoms with E-state index in [0.29, 0.717) is 40.8 Å². The van der Waals surface area contributed by atoms with E-state index < -0.39 is 0 Å². The average molecular weight is 450 g/mol. The Morgan fingerprint density at radius 3 is 2.47 bits per heavy atom. The lowest BCUT2D eigenvalue weighted by Gasteiger charge is -2.15. The molecule has 8 heteroatoms. The number of aromatic nitrogens is 3. The fraction of sp³-hybridized carbons (Fsp3) is 0.125. The predicted molar refractivity (Wildman–Crippen MR) is 125 cm³/mol. The highest BCUT2D eigenvalue weighted by Crippen LogP contribution is 2.28. The topological polar surface area (TPSA) is 96.7 Å². The van der Waals surface area contributed by atoms with E-state index in [2.05, 4.69) is 20.3 Å². The van der Waals surface area contributed by atoms with Gasteiger partial charge in [-0.25, -0.2) is 9.37 Å². The van der Waals surface area contributed by atoms with E-state index in [9.17, 15) is 9.18 Å². The van der Waals surface area contributed by atoms with Crippen LogP contribution < -0.4 is 16.6 Å². The van der Waals surface area contributed by atoms with Gasteiger partial charge in [-0.15, -0.1) is 0 Å². The number of pyridine rings is 1. The van der Waals surface area contributed by atoms with Gasteiger partial charge in [0.2, 0.25) is 5.95 Å². The van der Waals surface area contributed by atoms with E-state index in [0.717, 1.165) is 11.1 Å². The lowest BCUT2D eigenvalue weighted by molar-refractivity contribution is 0.628. The van der Waals surface area contributed by atoms with E-state index in [1.165, 1.54) is 12.1 Å². The molecule has 0 saturated carbocycles. The first-order chi connectivity index (χ1) is 15.5. The van der Waals surface area contributed by atoms with Crippen LogP contribution in [-0.2, 0) is 0 Å². The standard InChI is InChI=1S/C24H21ClFN5O/c25-19-4-2-1-3-18(19)20(27)11-14-29-24-30-22(16-9-12-28-13-10-16)21(23(32)31-24)15-5-7-17(26)8-6-15/h1-10,12-13,20H,11,14,27H2,(H2,29,30,31,32). The summed E-state index contributed by atoms with van der Waals surface area (Å²) in [6.07, 6.45) is 3.84. The number of hydrogen-bond donors (Lipinski definition) is 3. The maximum Gasteiger partial charge on any atom is 0.260 e. The average Bonchev–Trinajstić information content (AvgIpc) is 2.80. The lowest BCUT2D eigenvalue weighted by atomic mass is 10.0. The lowest BCUT2D eigenvalue weighted by Crippen LogP contribution is -2.20. The summed E-state index contributed by atoms with van der Waals surface area (Å²) < 4.78 is 13.4. The van der Waals surface area contributed by atoms with Crippen molar-refractivity contribution in [2.24, 2.45) is 5.73 Å². The Kier molecular flexibility index (Phi) is 6.58. The smallest absolute Gasteiger partial charge is 0.260 e. The van der Waals surface area contributed by atoms with Gasteiger partial charge in [0.1, 0.15) is 5.82 Å². The molecule has 0 bridgehead atoms. The van der Waals surface area contributed by atoms with Crippen molar-refractivity contribution in [1.29, 1.82) is 0 Å². The molecule has 1 atom stereocenters. The van der Waals surface area contributed by atoms with E-state index in [1.54, 1.807) is 42.7 Å². The molecule has 4 N–H and O–H groups in total. The third-order valence-corrected chi connectivity index (χ3v) is 5.40. The Morgan fingerprint density at radius 1 is 1.03 bits per heavy atom. The quantitative estimate of drug-likeness (QED) is 0.377. The van der Waals surface area contributed by atoms with Gasteiger partial charge >= 0.3 is 0 Å². The van der Waals surface area contributed by atoms with Gasteiger partial charge in [-0.2, -0.15) is 0 Å². The van der Waals surface area contributed by atoms with Crippen LogP contribution in [-0.4, -0.2) is 21.5 Å². The van der Waals surface area contributed by atoms with Crippen LogP contribution in [0.15, 0.2) is 77.9 Å². The zero-order valence-corrected chi connectivity index (χ0v) is 17.8. The van der Waals surface area contributed by atoms with Gasteiger partial charge in [0.05, 0.1) is 11.3 Å². The maximum absolute atomic E-state index is 13.4. The zero-order valence-electron chi connectivity index (χ0n) is 17.1. The number of anilines is 1. The van der Waals surface area contributed by atoms with Gasteiger partial charge in [0.25, 0.3) is 5.56 Å². The Balaban J connectivity index is 1.61. The molecule has 1 unspecified atom stereocenters. The summed E-state index contributed by atoms with van der Waals surface area (Å²) in [4.78, 5) is 24.4. The SMILES string of the molecule is NC(CCNc1nc(-c2ccncc2)c(-c2ccc(F)cc2)c(=O)[nH]1)c1ccccc1Cl. The zero-order chi connectivity index (χ0) is 22.5. The van der Waals surface area contributed by atoms with E-state index in [-0.39, 0.29) is 17.4 Å². The van der Waals surface area contributed by atoms with Crippen LogP contribution in [0.5, 0.6) is 0 Å². The summed E-state index contributed by atoms with van der Waals surface area (Å²) in [5.74, 6) is -0.0595. The summed E-state index contributed by atoms with van der Waals surface area (Å²) in [7, 11) is 0. The van der Waals surface area contributed by atoms with Crippen LogP contribution in [0.4, 0.5) is 10.3 Å². The largest absolute Gasteiger partial charge is 0.356 e. The minimum Gasteiger partial charge on any atom is -0.356 e. The third-order valence-electron chi connectivity index (χ3n) is 5.06. The molecule has 0 radical (unpaired) electrons. The Morgan fingerprint density at radius 2 is 1.75 bits per heavy atom. The van der Waals surface area contributed by atoms with Gasteiger partial charge in [0.15, 0.2) is 0 Å². The third kappa shape index (κ3) is 4.85. The number of benzene rings is 2. The highest BCUT2D eigenvalue weighted by atomic mass is 35.5. The molecule has 6 nitrogen and oxygen atoms in total. The number of nitrogens with two attached hydrogens (primary N) is 1. The first-order valence-corrected chi connectivity index (χ1v) is 10.5. The molecule has 0 fully saturated rings. The fourth-order valence-electron chi connectivity index (χ4n) is 3.44. The Bertz CT molecular complexity index is 1260. The van der Waals surface area contributed by atoms with Crippen molar-refractivity contribution in [1.82, 2.24) is 15.0 Å². The van der Waals surface area contributed by atoms with E-state index in [1.807, 2.05) is 18.2 Å². The van der Waals surface area contributed by atoms with Crippen molar-refractivity contribution < 1.29 is 4.39 Å². The maximum atomic E-state index is 13.4. The second kappa shape index (κ2) is 9.72. The van der Waals surface area contributed by atoms with Crippen molar-refractivity contribution in [3.63, 3.8) is 0 Å². The molecule has 2 aromatic heterocycles. The molecule has 0 aliphatic rings. The van der Waals surface area contributed by atoms with Gasteiger partial charge in [-0.3, -0.25) is 14.8 Å². The van der Waals surface area contributed by atoms with Crippen LogP contribution >= 0.6 is 11.6 Å². The molecular formula is C24H21ClFN5O. The number of aromatic amines is 1. The van der Waals surface area contributed by atoms with Crippen molar-refractivity contribution >= 4 is 17.5 Å². The fourth-order valence-corrected chi connectivity index (χ4v) is 3.71. The van der Waals surface area contributed by atoms with Gasteiger partial charge in [-0.1, -0.05) is 41.9 Å². The molecule has 32 heavy (non-hydrogen) atoms. The van der Waals surface area contributed by atoms with Gasteiger partial charge in [-0.05, 0) is 47.9 Å². The van der Waals surface area contributed by atoms with E-state index >= 15 is 0 Å². The molecule has 4 aromatic rings. The van der Waals surface area contributed by atoms with Crippen LogP contribution in [0, 0.1) is 5.82 Å². The van der Waals surface area contributed by atoms with E-state index in [4.69, 9.17) is 17.3 Å². The summed E-state index contributed by atoms with van der Waals surface area (Å²) in [6, 6.07) is 16.5. The minimum atomic E-state index is -0.378. The molecule has 0 aliphatic heterocycles. The summed E-state index contributed by atoms with van der Waals surface area (Å²) >= 11 is 6.22. The summed E-state index contributed by atoms with van der Waals surface area (Å²) in [5.41, 5.74) is 8.92. The molecule has 2 heterocycles. The first-order valence-electron chi connectivity index (χ1n) is 10.1. The van der Waals surface area contributed by atoms with Crippen molar-refractivity contribution in [3.05, 3.63) is 99.8 Å². The Hall–Kier alpha value is -3.55. The first kappa shape index (κ1) is 21.7. The number of rotatable bonds is 7. The molecule has 0 spiro atoms. The molecule has 2 aromatic carbocycles. The minimum absolute atomic E-state index is 0.263. The molecule has 4 rings (SSSR count). The number of nitrogens with one attached hydrogen (secondary N) is 2. The highest BCUT2D eigenvalue weighted by Gasteiger charge is 2.16. The van der Waals surface area contributed by atoms with Gasteiger partial charge < -0.3 is 11.1 Å². The number of H-pyrrole nitrogens is 1. The Labute approximate surface area is 189 Å². The monoisotopic (exact) mass is 449 g/mol. The molecular weight excluding hydrogens is 429 g/mol. The number of halogens is 2. The second-order valence-electron chi connectivity index (χ2n) is 7.22. The molecule has 0 saturated heterocycles. The summed E-state index contributed by atoms with van der Waals surface area (Å²) in [6.45, 7) is 0.473. The van der Waals surface area contributed by atoms with Crippen LogP contribution in [0.1, 0.15) is 18.0 Å². The summed E-state index contributed by atoms with van der Waals surface area (Å²) in [5, 5.41) is 3.76. The number of nitrogens with zero attached hydrogens (tertiary/aromatic N) is 2. The van der Waals surface area contributed by atoms with Gasteiger partial charge in [0, 0.05) is 35.6 Å². The predicted octanol–water partition coefficient (Wildman–Crippen LogP) is 4.79. The van der Waals surface area contributed by atoms with Crippen LogP contribution in [0.25, 0.3) is 22.4 Å². The normalized spacial score (nSPS) is 11.8. The van der Waals surface area contributed by atoms with Crippen LogP contribution in [0.3, 0.4) is 0 Å². The van der Waals surface area contributed by atoms with Crippen molar-refractivity contribution in [2.75, 3.05) is 11.9 Å². The molecule has 0 aliphatic carbocycles. The molecule has 0 amide bonds. The second-order valence-corrected chi connectivity index (χ2v) is 7.63. The van der Waals surface area contributed by atoms with Crippen molar-refractivity contribution in [2.45, 2.75) is 12.5 Å². The van der Waals surface area contributed by atoms with Crippen molar-refractivity contribution in [3.8, 4) is 22.4 Å². The van der Waals surface area contributed by atoms with Crippen LogP contribution in [0.2, 0.25) is 5.02 Å². The number of hydrogen-bond acceptors (Lipinski definition) is 5. The molecule has 162 valence electrons. The highest BCUT2D eigenvalue weighted by molar-refractivity contribution is 6.31.